The average Bonchev–Trinajstić information content (AvgIpc) is 3.60. The second-order valence-corrected chi connectivity index (χ2v) is 20.8. The molecule has 3 aromatic rings. The van der Waals surface area contributed by atoms with Crippen LogP contribution in [-0.2, 0) is 92.9 Å². The lowest BCUT2D eigenvalue weighted by Crippen LogP contribution is -2.25. The largest absolute Gasteiger partial charge is 0.772 e. The van der Waals surface area contributed by atoms with E-state index in [1.807, 2.05) is 0 Å². The van der Waals surface area contributed by atoms with E-state index >= 15 is 0 Å². The summed E-state index contributed by atoms with van der Waals surface area (Å²) < 4.78 is 152. The normalized spacial score (nSPS) is 15.9. The van der Waals surface area contributed by atoms with Gasteiger partial charge in [-0.3, -0.25) is 12.6 Å². The third-order valence-corrected chi connectivity index (χ3v) is 14.2. The first kappa shape index (κ1) is 40.7. The molecule has 2 aliphatic carbocycles. The van der Waals surface area contributed by atoms with E-state index in [9.17, 15) is 62.1 Å². The van der Waals surface area contributed by atoms with Gasteiger partial charge in [0.2, 0.25) is 0 Å². The highest BCUT2D eigenvalue weighted by atomic mass is 32.2. The van der Waals surface area contributed by atoms with Gasteiger partial charge in [-0.05, 0) is 91.4 Å². The Kier molecular flexibility index (Phi) is 10.8. The van der Waals surface area contributed by atoms with Crippen molar-refractivity contribution in [3.05, 3.63) is 84.3 Å². The summed E-state index contributed by atoms with van der Waals surface area (Å²) in [5.41, 5.74) is -2.47. The molecular formula is C32H21N4O12S6-3. The Bertz CT molecular complexity index is 2990. The molecule has 0 saturated heterocycles. The van der Waals surface area contributed by atoms with Crippen molar-refractivity contribution < 1.29 is 51.5 Å². The predicted octanol–water partition coefficient (Wildman–Crippen LogP) is 0.279. The minimum absolute atomic E-state index is 0.00284. The molecule has 3 aromatic carbocycles. The molecule has 0 saturated carbocycles. The molecule has 0 N–H and O–H groups in total. The summed E-state index contributed by atoms with van der Waals surface area (Å²) in [5.74, 6) is -2.45. The first-order chi connectivity index (χ1) is 25.0. The topological polar surface area (TPSA) is 279 Å². The fraction of sp³-hybridized carbons (Fsp3) is 0.250. The Labute approximate surface area is 316 Å². The first-order valence-corrected chi connectivity index (χ1v) is 24.1. The van der Waals surface area contributed by atoms with Gasteiger partial charge in [0.1, 0.15) is 4.90 Å². The summed E-state index contributed by atoms with van der Waals surface area (Å²) in [4.78, 5) is 3.84. The van der Waals surface area contributed by atoms with Gasteiger partial charge in [-0.15, -0.1) is 0 Å². The van der Waals surface area contributed by atoms with Crippen LogP contribution in [0, 0.1) is 35.8 Å². The molecule has 3 unspecified atom stereocenters. The molecular weight excluding hydrogens is 825 g/mol. The van der Waals surface area contributed by atoms with Gasteiger partial charge in [0.25, 0.3) is 11.4 Å². The number of sulfone groups is 3. The van der Waals surface area contributed by atoms with E-state index in [1.165, 1.54) is 6.07 Å². The van der Waals surface area contributed by atoms with Crippen LogP contribution in [-0.4, -0.2) is 70.3 Å². The monoisotopic (exact) mass is 845 g/mol. The number of hydrogen-bond acceptors (Lipinski definition) is 14. The van der Waals surface area contributed by atoms with Gasteiger partial charge in [0.15, 0.2) is 29.5 Å². The maximum absolute atomic E-state index is 13.5. The van der Waals surface area contributed by atoms with Crippen LogP contribution in [0.15, 0.2) is 26.8 Å². The van der Waals surface area contributed by atoms with Crippen LogP contribution in [0.2, 0.25) is 0 Å². The Morgan fingerprint density at radius 3 is 1.54 bits per heavy atom. The Hall–Kier alpha value is -4.46. The van der Waals surface area contributed by atoms with Crippen LogP contribution >= 0.6 is 0 Å². The zero-order valence-corrected chi connectivity index (χ0v) is 32.7. The minimum Gasteiger partial charge on any atom is -0.772 e. The molecule has 5 rings (SSSR count). The molecule has 2 aliphatic rings. The average molecular weight is 846 g/mol. The van der Waals surface area contributed by atoms with E-state index in [1.54, 1.807) is 12.1 Å². The summed E-state index contributed by atoms with van der Waals surface area (Å²) in [6.45, 7) is 15.8. The second kappa shape index (κ2) is 14.3. The van der Waals surface area contributed by atoms with Gasteiger partial charge in [0, 0.05) is 41.2 Å². The van der Waals surface area contributed by atoms with Crippen LogP contribution < -0.4 is 10.4 Å². The van der Waals surface area contributed by atoms with Gasteiger partial charge < -0.3 is 13.7 Å². The lowest BCUT2D eigenvalue weighted by molar-refractivity contribution is 0.531. The van der Waals surface area contributed by atoms with E-state index in [0.29, 0.717) is 18.8 Å². The molecule has 0 fully saturated rings. The summed E-state index contributed by atoms with van der Waals surface area (Å²) in [7, 11) is -13.8. The van der Waals surface area contributed by atoms with Crippen molar-refractivity contribution in [3.8, 4) is 34.4 Å². The first-order valence-electron chi connectivity index (χ1n) is 14.7. The Balaban J connectivity index is 2.22. The van der Waals surface area contributed by atoms with E-state index in [2.05, 4.69) is 9.69 Å². The van der Waals surface area contributed by atoms with Crippen LogP contribution in [0.1, 0.15) is 38.9 Å². The fourth-order valence-corrected chi connectivity index (χ4v) is 13.5. The molecule has 0 radical (unpaired) electrons. The van der Waals surface area contributed by atoms with E-state index in [0.717, 1.165) is 6.07 Å². The van der Waals surface area contributed by atoms with Crippen molar-refractivity contribution in [2.45, 2.75) is 44.8 Å². The van der Waals surface area contributed by atoms with E-state index in [4.69, 9.17) is 13.1 Å². The van der Waals surface area contributed by atoms with Gasteiger partial charge in [-0.1, -0.05) is 33.2 Å². The third kappa shape index (κ3) is 6.97. The highest BCUT2D eigenvalue weighted by Crippen LogP contribution is 2.47. The number of nitrogens with zero attached hydrogens (tertiary/aromatic N) is 4. The van der Waals surface area contributed by atoms with Crippen molar-refractivity contribution in [2.75, 3.05) is 18.8 Å². The molecule has 0 aliphatic heterocycles. The standard InChI is InChI=1S/C32H24N4O12S6/c1-35-24(10-33)27-20-7-16-17(6-15(12-49(37)38)22(13-50(39)40)23(16)14-51(41)42)28(20)30(25(11-34)36-2)29-18-9-26(52(3,43)44)32(54(5,47)48)31(53(4,45)46)19(18)8-21(27)29/h6,9H,7-8,12-14H2,3-5H3,(H,37,38)(H,39,40)(H,41,42)/p-3/b27-24+,30-25+. The van der Waals surface area contributed by atoms with Crippen LogP contribution in [0.5, 0.6) is 0 Å². The maximum atomic E-state index is 13.5. The molecule has 0 aromatic heterocycles. The van der Waals surface area contributed by atoms with Crippen molar-refractivity contribution in [3.63, 3.8) is 0 Å². The quantitative estimate of drug-likeness (QED) is 0.142. The highest BCUT2D eigenvalue weighted by Gasteiger charge is 2.40. The van der Waals surface area contributed by atoms with Gasteiger partial charge in [0.05, 0.1) is 35.1 Å². The van der Waals surface area contributed by atoms with Crippen LogP contribution in [0.4, 0.5) is 0 Å². The predicted molar refractivity (Wildman–Crippen MR) is 191 cm³/mol. The zero-order chi connectivity index (χ0) is 40.4. The Morgan fingerprint density at radius 2 is 1.11 bits per heavy atom. The lowest BCUT2D eigenvalue weighted by Gasteiger charge is -2.22. The van der Waals surface area contributed by atoms with Gasteiger partial charge >= 0.3 is 0 Å². The molecule has 280 valence electrons. The molecule has 0 bridgehead atoms. The van der Waals surface area contributed by atoms with Crippen LogP contribution in [0.25, 0.3) is 43.3 Å². The smallest absolute Gasteiger partial charge is 0.270 e. The molecule has 0 heterocycles. The molecule has 0 amide bonds. The molecule has 16 nitrogen and oxygen atoms in total. The maximum Gasteiger partial charge on any atom is 0.270 e. The molecule has 3 atom stereocenters. The summed E-state index contributed by atoms with van der Waals surface area (Å²) in [6.07, 6.45) is 0.985. The minimum atomic E-state index is -4.62. The molecule has 54 heavy (non-hydrogen) atoms. The SMILES string of the molecule is [C-]#[N+]/C(C#N)=c1\c2c(/c(=C(/C#N)[N+]#[C-])c3c1Cc1c-3cc(S(C)(=O)=O)c(S(C)(=O)=O)c1S(C)(=O)=O)-c1cc(CS(=O)[O-])c(CS(=O)[O-])c(CS(=O)[O-])c1C2. The third-order valence-electron chi connectivity index (χ3n) is 8.87. The lowest BCUT2D eigenvalue weighted by atomic mass is 9.89. The zero-order valence-electron chi connectivity index (χ0n) is 27.8. The van der Waals surface area contributed by atoms with Crippen molar-refractivity contribution in [2.24, 2.45) is 0 Å². The van der Waals surface area contributed by atoms with Gasteiger partial charge in [-0.2, -0.15) is 0 Å². The molecule has 0 spiro atoms. The summed E-state index contributed by atoms with van der Waals surface area (Å²) in [5, 5.41) is 20.1. The second-order valence-electron chi connectivity index (χ2n) is 12.2. The summed E-state index contributed by atoms with van der Waals surface area (Å²) >= 11 is -8.63. The highest BCUT2D eigenvalue weighted by molar-refractivity contribution is 7.95. The number of rotatable bonds is 9. The van der Waals surface area contributed by atoms with E-state index < -0.39 is 113 Å². The van der Waals surface area contributed by atoms with E-state index in [-0.39, 0.29) is 78.1 Å². The van der Waals surface area contributed by atoms with Crippen molar-refractivity contribution >= 4 is 74.1 Å². The van der Waals surface area contributed by atoms with Crippen molar-refractivity contribution in [1.29, 1.82) is 10.5 Å². The van der Waals surface area contributed by atoms with Gasteiger partial charge in [-0.25, -0.2) is 45.5 Å². The number of benzene rings is 3. The molecule has 22 heteroatoms. The fourth-order valence-electron chi connectivity index (χ4n) is 7.19. The van der Waals surface area contributed by atoms with Crippen molar-refractivity contribution in [1.82, 2.24) is 0 Å². The Morgan fingerprint density at radius 1 is 0.667 bits per heavy atom. The van der Waals surface area contributed by atoms with Crippen LogP contribution in [0.3, 0.4) is 0 Å². The number of nitriles is 2. The number of fused-ring (bicyclic) bond motifs is 6. The number of hydrogen-bond donors (Lipinski definition) is 0. The summed E-state index contributed by atoms with van der Waals surface area (Å²) in [6, 6.07) is 5.60.